The van der Waals surface area contributed by atoms with Crippen molar-refractivity contribution in [1.29, 1.82) is 0 Å². The zero-order valence-electron chi connectivity index (χ0n) is 19.3. The molecule has 0 bridgehead atoms. The predicted octanol–water partition coefficient (Wildman–Crippen LogP) is 8.22. The van der Waals surface area contributed by atoms with E-state index in [0.29, 0.717) is 16.5 Å². The molecule has 174 valence electrons. The lowest BCUT2D eigenvalue weighted by atomic mass is 9.68. The molecule has 0 unspecified atom stereocenters. The quantitative estimate of drug-likeness (QED) is 0.245. The van der Waals surface area contributed by atoms with Gasteiger partial charge in [-0.25, -0.2) is 8.78 Å². The lowest BCUT2D eigenvalue weighted by Crippen LogP contribution is -2.30. The van der Waals surface area contributed by atoms with Crippen LogP contribution in [-0.4, -0.2) is 5.97 Å². The Hall–Kier alpha value is -1.97. The van der Waals surface area contributed by atoms with Crippen LogP contribution in [0.3, 0.4) is 0 Å². The molecule has 4 rings (SSSR count). The van der Waals surface area contributed by atoms with Crippen LogP contribution in [0.15, 0.2) is 30.3 Å². The highest BCUT2D eigenvalue weighted by Crippen LogP contribution is 2.42. The van der Waals surface area contributed by atoms with Gasteiger partial charge in [0.1, 0.15) is 5.75 Å². The van der Waals surface area contributed by atoms with E-state index in [2.05, 4.69) is 6.92 Å². The van der Waals surface area contributed by atoms with Gasteiger partial charge in [0.25, 0.3) is 0 Å². The second-order valence-corrected chi connectivity index (χ2v) is 10.1. The predicted molar refractivity (Wildman–Crippen MR) is 125 cm³/mol. The van der Waals surface area contributed by atoms with Gasteiger partial charge in [0, 0.05) is 0 Å². The first-order valence-corrected chi connectivity index (χ1v) is 12.6. The number of ether oxygens (including phenoxy) is 1. The molecule has 32 heavy (non-hydrogen) atoms. The Morgan fingerprint density at radius 3 is 2.12 bits per heavy atom. The number of esters is 1. The van der Waals surface area contributed by atoms with Crippen LogP contribution in [0.5, 0.6) is 5.75 Å². The van der Waals surface area contributed by atoms with E-state index in [-0.39, 0.29) is 11.9 Å². The van der Waals surface area contributed by atoms with E-state index >= 15 is 0 Å². The number of fused-ring (bicyclic) bond motifs is 1. The Labute approximate surface area is 190 Å². The smallest absolute Gasteiger partial charge is 0.314 e. The fourth-order valence-electron chi connectivity index (χ4n) is 5.94. The number of halogens is 2. The fraction of sp³-hybridized carbons (Fsp3) is 0.607. The Bertz CT molecular complexity index is 909. The lowest BCUT2D eigenvalue weighted by molar-refractivity contribution is -0.140. The number of rotatable bonds is 7. The number of benzene rings is 2. The zero-order chi connectivity index (χ0) is 22.5. The highest BCUT2D eigenvalue weighted by atomic mass is 19.2. The molecule has 2 saturated carbocycles. The summed E-state index contributed by atoms with van der Waals surface area (Å²) in [5, 5.41) is 1.12. The molecular weight excluding hydrogens is 406 g/mol. The summed E-state index contributed by atoms with van der Waals surface area (Å²) in [6.07, 6.45) is 15.0. The van der Waals surface area contributed by atoms with Gasteiger partial charge in [-0.3, -0.25) is 4.79 Å². The number of hydrogen-bond acceptors (Lipinski definition) is 2. The first-order chi connectivity index (χ1) is 15.5. The van der Waals surface area contributed by atoms with Gasteiger partial charge in [-0.1, -0.05) is 51.5 Å². The van der Waals surface area contributed by atoms with Crippen molar-refractivity contribution in [1.82, 2.24) is 0 Å². The molecule has 2 aromatic carbocycles. The van der Waals surface area contributed by atoms with E-state index in [1.807, 2.05) is 0 Å². The van der Waals surface area contributed by atoms with E-state index in [9.17, 15) is 13.6 Å². The molecule has 0 amide bonds. The van der Waals surface area contributed by atoms with Crippen LogP contribution >= 0.6 is 0 Å². The monoisotopic (exact) mass is 442 g/mol. The molecule has 2 fully saturated rings. The largest absolute Gasteiger partial charge is 0.426 e. The van der Waals surface area contributed by atoms with E-state index in [4.69, 9.17) is 4.74 Å². The zero-order valence-corrected chi connectivity index (χ0v) is 19.3. The molecule has 0 N–H and O–H groups in total. The summed E-state index contributed by atoms with van der Waals surface area (Å²) in [4.78, 5) is 12.7. The van der Waals surface area contributed by atoms with Gasteiger partial charge in [0.2, 0.25) is 0 Å². The fourth-order valence-corrected chi connectivity index (χ4v) is 5.94. The van der Waals surface area contributed by atoms with Crippen LogP contribution < -0.4 is 4.74 Å². The van der Waals surface area contributed by atoms with Crippen molar-refractivity contribution in [2.75, 3.05) is 0 Å². The van der Waals surface area contributed by atoms with E-state index in [0.717, 1.165) is 55.6 Å². The van der Waals surface area contributed by atoms with Crippen molar-refractivity contribution in [2.45, 2.75) is 84.0 Å². The van der Waals surface area contributed by atoms with Crippen molar-refractivity contribution in [3.05, 3.63) is 42.0 Å². The van der Waals surface area contributed by atoms with Crippen LogP contribution in [-0.2, 0) is 4.79 Å². The van der Waals surface area contributed by atoms with Gasteiger partial charge in [-0.05, 0) is 91.3 Å². The maximum absolute atomic E-state index is 13.5. The summed E-state index contributed by atoms with van der Waals surface area (Å²) >= 11 is 0. The molecule has 2 aromatic rings. The number of carbonyl (C=O) groups excluding carboxylic acids is 1. The summed E-state index contributed by atoms with van der Waals surface area (Å²) in [6, 6.07) is 7.24. The third-order valence-corrected chi connectivity index (χ3v) is 7.95. The summed E-state index contributed by atoms with van der Waals surface area (Å²) in [7, 11) is 0. The number of unbranched alkanes of at least 4 members (excludes halogenated alkanes) is 2. The molecule has 0 saturated heterocycles. The first-order valence-electron chi connectivity index (χ1n) is 12.6. The van der Waals surface area contributed by atoms with Crippen molar-refractivity contribution in [3.63, 3.8) is 0 Å². The highest BCUT2D eigenvalue weighted by molar-refractivity contribution is 5.85. The minimum atomic E-state index is -0.894. The molecule has 0 aromatic heterocycles. The molecule has 2 aliphatic carbocycles. The maximum atomic E-state index is 13.5. The third-order valence-electron chi connectivity index (χ3n) is 7.95. The van der Waals surface area contributed by atoms with Crippen LogP contribution in [0.4, 0.5) is 8.78 Å². The molecular formula is C28H36F2O2. The summed E-state index contributed by atoms with van der Waals surface area (Å²) in [5.41, 5.74) is 0. The topological polar surface area (TPSA) is 26.3 Å². The van der Waals surface area contributed by atoms with Gasteiger partial charge in [-0.15, -0.1) is 0 Å². The van der Waals surface area contributed by atoms with Gasteiger partial charge in [0.15, 0.2) is 11.6 Å². The Kier molecular flexibility index (Phi) is 7.80. The second-order valence-electron chi connectivity index (χ2n) is 10.1. The van der Waals surface area contributed by atoms with Crippen LogP contribution in [0, 0.1) is 35.3 Å². The minimum Gasteiger partial charge on any atom is -0.426 e. The van der Waals surface area contributed by atoms with Gasteiger partial charge >= 0.3 is 5.97 Å². The van der Waals surface area contributed by atoms with Gasteiger partial charge in [-0.2, -0.15) is 0 Å². The molecule has 0 spiro atoms. The van der Waals surface area contributed by atoms with Crippen LogP contribution in [0.1, 0.15) is 84.0 Å². The van der Waals surface area contributed by atoms with Crippen molar-refractivity contribution >= 4 is 16.7 Å². The highest BCUT2D eigenvalue weighted by Gasteiger charge is 2.33. The third kappa shape index (κ3) is 5.68. The average molecular weight is 443 g/mol. The van der Waals surface area contributed by atoms with E-state index < -0.39 is 11.6 Å². The number of hydrogen-bond donors (Lipinski definition) is 0. The van der Waals surface area contributed by atoms with E-state index in [1.165, 1.54) is 51.4 Å². The van der Waals surface area contributed by atoms with E-state index in [1.54, 1.807) is 18.2 Å². The molecule has 2 aliphatic rings. The molecule has 2 nitrogen and oxygen atoms in total. The van der Waals surface area contributed by atoms with Gasteiger partial charge < -0.3 is 4.74 Å². The summed E-state index contributed by atoms with van der Waals surface area (Å²) < 4.78 is 32.5. The van der Waals surface area contributed by atoms with Crippen molar-refractivity contribution in [2.24, 2.45) is 23.7 Å². The van der Waals surface area contributed by atoms with Crippen molar-refractivity contribution in [3.8, 4) is 5.75 Å². The Morgan fingerprint density at radius 2 is 1.47 bits per heavy atom. The summed E-state index contributed by atoms with van der Waals surface area (Å²) in [5.74, 6) is 0.924. The molecule has 0 atom stereocenters. The second kappa shape index (κ2) is 10.8. The molecule has 0 radical (unpaired) electrons. The van der Waals surface area contributed by atoms with Gasteiger partial charge in [0.05, 0.1) is 5.92 Å². The SMILES string of the molecule is CCCCCC1CCC(C2CCC(C(=O)Oc3ccc4cc(F)c(F)cc4c3)CC2)CC1. The normalized spacial score (nSPS) is 26.2. The lowest BCUT2D eigenvalue weighted by Gasteiger charge is -2.37. The number of carbonyl (C=O) groups is 1. The van der Waals surface area contributed by atoms with Crippen LogP contribution in [0.25, 0.3) is 10.8 Å². The van der Waals surface area contributed by atoms with Crippen LogP contribution in [0.2, 0.25) is 0 Å². The molecule has 4 heteroatoms. The van der Waals surface area contributed by atoms with Crippen molar-refractivity contribution < 1.29 is 18.3 Å². The Balaban J connectivity index is 1.24. The standard InChI is InChI=1S/C28H36F2O2/c1-2-3-4-5-19-6-8-20(9-7-19)21-10-12-22(13-11-21)28(31)32-25-15-14-23-17-26(29)27(30)18-24(23)16-25/h14-22H,2-13H2,1H3. The summed E-state index contributed by atoms with van der Waals surface area (Å²) in [6.45, 7) is 2.27. The minimum absolute atomic E-state index is 0.0581. The molecule has 0 heterocycles. The first kappa shape index (κ1) is 23.2. The average Bonchev–Trinajstić information content (AvgIpc) is 2.81. The molecule has 0 aliphatic heterocycles. The maximum Gasteiger partial charge on any atom is 0.314 e. The Morgan fingerprint density at radius 1 is 0.844 bits per heavy atom.